The molecule has 1 fully saturated rings. The van der Waals surface area contributed by atoms with E-state index in [0.717, 1.165) is 44.1 Å². The number of amides is 1. The maximum Gasteiger partial charge on any atom is 0.416 e. The average molecular weight is 460 g/mol. The summed E-state index contributed by atoms with van der Waals surface area (Å²) in [5.74, 6) is 0.395. The maximum absolute atomic E-state index is 13.0. The van der Waals surface area contributed by atoms with Crippen molar-refractivity contribution in [3.8, 4) is 11.4 Å². The number of ether oxygens (including phenoxy) is 1. The Balaban J connectivity index is 1.50. The number of nitrogens with zero attached hydrogens (tertiary/aromatic N) is 5. The number of alkyl halides is 3. The molecule has 1 aliphatic rings. The highest BCUT2D eigenvalue weighted by Gasteiger charge is 2.31. The first-order valence-corrected chi connectivity index (χ1v) is 10.3. The van der Waals surface area contributed by atoms with Crippen LogP contribution in [-0.4, -0.2) is 65.9 Å². The van der Waals surface area contributed by atoms with Crippen molar-refractivity contribution >= 4 is 17.4 Å². The Bertz CT molecular complexity index is 1120. The van der Waals surface area contributed by atoms with Crippen LogP contribution in [-0.2, 0) is 6.18 Å². The van der Waals surface area contributed by atoms with E-state index in [1.807, 2.05) is 6.07 Å². The molecule has 1 saturated heterocycles. The molecular weight excluding hydrogens is 437 g/mol. The van der Waals surface area contributed by atoms with Crippen LogP contribution in [0, 0.1) is 0 Å². The molecule has 4 rings (SSSR count). The lowest BCUT2D eigenvalue weighted by molar-refractivity contribution is -0.137. The first-order chi connectivity index (χ1) is 15.7. The van der Waals surface area contributed by atoms with Crippen molar-refractivity contribution in [3.05, 3.63) is 60.0 Å². The second kappa shape index (κ2) is 9.10. The Morgan fingerprint density at radius 3 is 2.52 bits per heavy atom. The van der Waals surface area contributed by atoms with Gasteiger partial charge in [-0.05, 0) is 37.4 Å². The fraction of sp³-hybridized carbons (Fsp3) is 0.318. The van der Waals surface area contributed by atoms with Gasteiger partial charge in [-0.3, -0.25) is 4.79 Å². The van der Waals surface area contributed by atoms with Gasteiger partial charge < -0.3 is 19.9 Å². The van der Waals surface area contributed by atoms with Gasteiger partial charge in [0, 0.05) is 26.2 Å². The number of likely N-dealkylation sites (N-methyl/N-ethyl adjacent to an activating group) is 1. The Hall–Kier alpha value is -3.60. The number of carbonyl (C=O) groups excluding carboxylic acids is 1. The summed E-state index contributed by atoms with van der Waals surface area (Å²) in [6, 6.07) is 8.24. The van der Waals surface area contributed by atoms with Crippen molar-refractivity contribution < 1.29 is 22.7 Å². The van der Waals surface area contributed by atoms with E-state index in [1.54, 1.807) is 12.3 Å². The van der Waals surface area contributed by atoms with Gasteiger partial charge in [-0.1, -0.05) is 6.07 Å². The molecule has 1 N–H and O–H groups in total. The van der Waals surface area contributed by atoms with Crippen molar-refractivity contribution in [1.29, 1.82) is 0 Å². The van der Waals surface area contributed by atoms with E-state index in [1.165, 1.54) is 30.1 Å². The Morgan fingerprint density at radius 2 is 1.88 bits per heavy atom. The number of benzene rings is 1. The molecule has 0 unspecified atom stereocenters. The van der Waals surface area contributed by atoms with Crippen molar-refractivity contribution in [3.63, 3.8) is 0 Å². The number of pyridine rings is 1. The first kappa shape index (κ1) is 22.6. The van der Waals surface area contributed by atoms with Crippen LogP contribution >= 0.6 is 0 Å². The number of nitrogens with one attached hydrogen (secondary N) is 1. The van der Waals surface area contributed by atoms with E-state index in [0.29, 0.717) is 5.69 Å². The number of piperazine rings is 1. The third-order valence-corrected chi connectivity index (χ3v) is 5.39. The van der Waals surface area contributed by atoms with Gasteiger partial charge in [0.25, 0.3) is 5.91 Å². The smallest absolute Gasteiger partial charge is 0.416 e. The molecule has 0 atom stereocenters. The lowest BCUT2D eigenvalue weighted by atomic mass is 10.2. The molecule has 1 aliphatic heterocycles. The maximum atomic E-state index is 13.0. The van der Waals surface area contributed by atoms with Crippen molar-refractivity contribution in [1.82, 2.24) is 19.7 Å². The van der Waals surface area contributed by atoms with E-state index in [9.17, 15) is 18.0 Å². The molecule has 0 bridgehead atoms. The van der Waals surface area contributed by atoms with Crippen LogP contribution in [0.2, 0.25) is 0 Å². The number of hydrogen-bond donors (Lipinski definition) is 1. The predicted octanol–water partition coefficient (Wildman–Crippen LogP) is 3.30. The van der Waals surface area contributed by atoms with Crippen LogP contribution in [0.15, 0.2) is 48.8 Å². The van der Waals surface area contributed by atoms with Gasteiger partial charge in [-0.15, -0.1) is 0 Å². The van der Waals surface area contributed by atoms with Gasteiger partial charge in [0.2, 0.25) is 0 Å². The summed E-state index contributed by atoms with van der Waals surface area (Å²) in [6.45, 7) is 3.65. The van der Waals surface area contributed by atoms with Gasteiger partial charge in [-0.25, -0.2) is 9.67 Å². The molecule has 0 saturated carbocycles. The number of rotatable bonds is 5. The summed E-state index contributed by atoms with van der Waals surface area (Å²) in [5.41, 5.74) is -0.251. The van der Waals surface area contributed by atoms with Crippen LogP contribution in [0.4, 0.5) is 24.7 Å². The molecular formula is C22H23F3N6O2. The number of halogens is 3. The molecule has 1 amide bonds. The Labute approximate surface area is 188 Å². The molecule has 174 valence electrons. The zero-order valence-electron chi connectivity index (χ0n) is 18.1. The lowest BCUT2D eigenvalue weighted by Gasteiger charge is -2.33. The van der Waals surface area contributed by atoms with E-state index in [2.05, 4.69) is 32.2 Å². The minimum atomic E-state index is -4.49. The second-order valence-corrected chi connectivity index (χ2v) is 7.69. The van der Waals surface area contributed by atoms with E-state index in [4.69, 9.17) is 4.74 Å². The zero-order chi connectivity index (χ0) is 23.6. The minimum absolute atomic E-state index is 0.0574. The third-order valence-electron chi connectivity index (χ3n) is 5.39. The molecule has 1 aromatic carbocycles. The molecule has 8 nitrogen and oxygen atoms in total. The molecule has 0 spiro atoms. The van der Waals surface area contributed by atoms with Gasteiger partial charge in [0.05, 0.1) is 36.4 Å². The number of hydrogen-bond acceptors (Lipinski definition) is 6. The first-order valence-electron chi connectivity index (χ1n) is 10.3. The van der Waals surface area contributed by atoms with Crippen LogP contribution in [0.5, 0.6) is 5.75 Å². The highest BCUT2D eigenvalue weighted by Crippen LogP contribution is 2.31. The van der Waals surface area contributed by atoms with E-state index in [-0.39, 0.29) is 17.1 Å². The standard InChI is InChI=1S/C22H23F3N6O2/c1-29-8-10-30(11-9-29)19-7-6-16(13-26-19)27-21(32)20-18(33-2)14-31(28-20)17-5-3-4-15(12-17)22(23,24)25/h3-7,12-14H,8-11H2,1-2H3,(H,27,32). The summed E-state index contributed by atoms with van der Waals surface area (Å²) in [5, 5.41) is 6.85. The van der Waals surface area contributed by atoms with Gasteiger partial charge in [0.1, 0.15) is 5.82 Å². The Kier molecular flexibility index (Phi) is 6.23. The SMILES string of the molecule is COc1cn(-c2cccc(C(F)(F)F)c2)nc1C(=O)Nc1ccc(N2CCN(C)CC2)nc1. The van der Waals surface area contributed by atoms with E-state index < -0.39 is 17.6 Å². The number of carbonyl (C=O) groups is 1. The number of methoxy groups -OCH3 is 1. The summed E-state index contributed by atoms with van der Waals surface area (Å²) >= 11 is 0. The molecule has 0 radical (unpaired) electrons. The fourth-order valence-corrected chi connectivity index (χ4v) is 3.49. The topological polar surface area (TPSA) is 75.5 Å². The third kappa shape index (κ3) is 5.08. The second-order valence-electron chi connectivity index (χ2n) is 7.69. The summed E-state index contributed by atoms with van der Waals surface area (Å²) in [7, 11) is 3.43. The van der Waals surface area contributed by atoms with E-state index >= 15 is 0 Å². The molecule has 11 heteroatoms. The monoisotopic (exact) mass is 460 g/mol. The molecule has 3 heterocycles. The van der Waals surface area contributed by atoms with Crippen LogP contribution in [0.3, 0.4) is 0 Å². The van der Waals surface area contributed by atoms with Crippen molar-refractivity contribution in [2.24, 2.45) is 0 Å². The lowest BCUT2D eigenvalue weighted by Crippen LogP contribution is -2.44. The average Bonchev–Trinajstić information content (AvgIpc) is 3.25. The van der Waals surface area contributed by atoms with Crippen molar-refractivity contribution in [2.45, 2.75) is 6.18 Å². The fourth-order valence-electron chi connectivity index (χ4n) is 3.49. The number of aromatic nitrogens is 3. The summed E-state index contributed by atoms with van der Waals surface area (Å²) < 4.78 is 45.5. The minimum Gasteiger partial charge on any atom is -0.493 e. The Morgan fingerprint density at radius 1 is 1.12 bits per heavy atom. The van der Waals surface area contributed by atoms with Gasteiger partial charge >= 0.3 is 6.18 Å². The highest BCUT2D eigenvalue weighted by molar-refractivity contribution is 6.04. The largest absolute Gasteiger partial charge is 0.493 e. The zero-order valence-corrected chi connectivity index (χ0v) is 18.1. The molecule has 33 heavy (non-hydrogen) atoms. The number of anilines is 2. The summed E-state index contributed by atoms with van der Waals surface area (Å²) in [4.78, 5) is 21.6. The van der Waals surface area contributed by atoms with Gasteiger partial charge in [-0.2, -0.15) is 18.3 Å². The van der Waals surface area contributed by atoms with Gasteiger partial charge in [0.15, 0.2) is 11.4 Å². The van der Waals surface area contributed by atoms with Crippen LogP contribution < -0.4 is 15.0 Å². The molecule has 3 aromatic rings. The van der Waals surface area contributed by atoms with Crippen LogP contribution in [0.25, 0.3) is 5.69 Å². The van der Waals surface area contributed by atoms with Crippen LogP contribution in [0.1, 0.15) is 16.1 Å². The molecule has 2 aromatic heterocycles. The quantitative estimate of drug-likeness (QED) is 0.630. The highest BCUT2D eigenvalue weighted by atomic mass is 19.4. The molecule has 0 aliphatic carbocycles. The predicted molar refractivity (Wildman–Crippen MR) is 117 cm³/mol. The van der Waals surface area contributed by atoms with Crippen molar-refractivity contribution in [2.75, 3.05) is 50.6 Å². The summed E-state index contributed by atoms with van der Waals surface area (Å²) in [6.07, 6.45) is -1.57. The normalized spacial score (nSPS) is 14.9.